The molecule has 0 bridgehead atoms. The van der Waals surface area contributed by atoms with E-state index in [0.717, 1.165) is 0 Å². The van der Waals surface area contributed by atoms with Crippen LogP contribution in [0.1, 0.15) is 17.3 Å². The van der Waals surface area contributed by atoms with Crippen LogP contribution in [0.2, 0.25) is 0 Å². The van der Waals surface area contributed by atoms with Gasteiger partial charge in [0.1, 0.15) is 11.3 Å². The van der Waals surface area contributed by atoms with Crippen molar-refractivity contribution in [2.24, 2.45) is 0 Å². The topological polar surface area (TPSA) is 119 Å². The normalized spacial score (nSPS) is 20.9. The number of morpholine rings is 1. The second-order valence-corrected chi connectivity index (χ2v) is 5.12. The summed E-state index contributed by atoms with van der Waals surface area (Å²) in [6.45, 7) is 1.61. The minimum absolute atomic E-state index is 0.146. The molecule has 0 aliphatic carbocycles. The van der Waals surface area contributed by atoms with E-state index in [1.165, 1.54) is 30.2 Å². The van der Waals surface area contributed by atoms with E-state index in [0.29, 0.717) is 5.75 Å². The Morgan fingerprint density at radius 3 is 2.70 bits per heavy atom. The molecule has 2 atom stereocenters. The van der Waals surface area contributed by atoms with Gasteiger partial charge >= 0.3 is 5.97 Å². The number of methoxy groups -OCH3 is 1. The zero-order chi connectivity index (χ0) is 17.1. The Balaban J connectivity index is 2.35. The Morgan fingerprint density at radius 1 is 1.43 bits per heavy atom. The van der Waals surface area contributed by atoms with E-state index in [9.17, 15) is 19.7 Å². The van der Waals surface area contributed by atoms with Crippen molar-refractivity contribution < 1.29 is 29.1 Å². The molecule has 124 valence electrons. The number of hydrogen-bond acceptors (Lipinski definition) is 6. The number of carboxylic acid groups (broad SMARTS) is 1. The van der Waals surface area contributed by atoms with Crippen molar-refractivity contribution in [3.05, 3.63) is 33.9 Å². The van der Waals surface area contributed by atoms with Gasteiger partial charge in [0.15, 0.2) is 6.10 Å². The third kappa shape index (κ3) is 3.57. The van der Waals surface area contributed by atoms with Gasteiger partial charge in [-0.15, -0.1) is 0 Å². The van der Waals surface area contributed by atoms with Crippen molar-refractivity contribution in [1.29, 1.82) is 0 Å². The number of amides is 1. The van der Waals surface area contributed by atoms with Crippen LogP contribution in [0.4, 0.5) is 5.69 Å². The fourth-order valence-corrected chi connectivity index (χ4v) is 2.40. The minimum Gasteiger partial charge on any atom is -0.497 e. The lowest BCUT2D eigenvalue weighted by atomic mass is 10.1. The SMILES string of the molecule is COc1ccc([N+](=O)[O-])c(C(=O)N2CC(C(=O)O)O[C@H](C)C2)c1. The van der Waals surface area contributed by atoms with Gasteiger partial charge in [-0.2, -0.15) is 0 Å². The van der Waals surface area contributed by atoms with Gasteiger partial charge in [-0.1, -0.05) is 0 Å². The van der Waals surface area contributed by atoms with Gasteiger partial charge in [0.05, 0.1) is 24.7 Å². The minimum atomic E-state index is -1.19. The molecule has 2 rings (SSSR count). The highest BCUT2D eigenvalue weighted by molar-refractivity contribution is 5.99. The number of hydrogen-bond donors (Lipinski definition) is 1. The van der Waals surface area contributed by atoms with Crippen LogP contribution in [0.3, 0.4) is 0 Å². The highest BCUT2D eigenvalue weighted by Gasteiger charge is 2.35. The second kappa shape index (κ2) is 6.61. The number of nitro groups is 1. The summed E-state index contributed by atoms with van der Waals surface area (Å²) in [7, 11) is 1.38. The second-order valence-electron chi connectivity index (χ2n) is 5.12. The molecule has 0 aromatic heterocycles. The molecule has 1 heterocycles. The molecule has 9 nitrogen and oxygen atoms in total. The van der Waals surface area contributed by atoms with Gasteiger partial charge in [0.25, 0.3) is 11.6 Å². The molecular weight excluding hydrogens is 308 g/mol. The van der Waals surface area contributed by atoms with E-state index in [2.05, 4.69) is 0 Å². The molecule has 1 aromatic carbocycles. The first-order valence-electron chi connectivity index (χ1n) is 6.83. The average molecular weight is 324 g/mol. The number of carboxylic acids is 1. The molecule has 9 heteroatoms. The van der Waals surface area contributed by atoms with Crippen LogP contribution in [0.25, 0.3) is 0 Å². The van der Waals surface area contributed by atoms with Crippen molar-refractivity contribution in [2.45, 2.75) is 19.1 Å². The quantitative estimate of drug-likeness (QED) is 0.646. The third-order valence-corrected chi connectivity index (χ3v) is 3.45. The number of benzene rings is 1. The monoisotopic (exact) mass is 324 g/mol. The molecule has 1 fully saturated rings. The van der Waals surface area contributed by atoms with Crippen LogP contribution < -0.4 is 4.74 Å². The van der Waals surface area contributed by atoms with Crippen molar-refractivity contribution >= 4 is 17.6 Å². The number of ether oxygens (including phenoxy) is 2. The highest BCUT2D eigenvalue weighted by Crippen LogP contribution is 2.26. The first-order valence-corrected chi connectivity index (χ1v) is 6.83. The molecule has 23 heavy (non-hydrogen) atoms. The molecular formula is C14H16N2O7. The summed E-state index contributed by atoms with van der Waals surface area (Å²) in [5, 5.41) is 20.2. The molecule has 1 amide bonds. The summed E-state index contributed by atoms with van der Waals surface area (Å²) in [5.74, 6) is -1.51. The summed E-state index contributed by atoms with van der Waals surface area (Å²) in [4.78, 5) is 35.4. The predicted octanol–water partition coefficient (Wildman–Crippen LogP) is 0.917. The van der Waals surface area contributed by atoms with E-state index >= 15 is 0 Å². The van der Waals surface area contributed by atoms with Gasteiger partial charge in [0.2, 0.25) is 0 Å². The molecule has 0 saturated carbocycles. The Kier molecular flexibility index (Phi) is 4.80. The lowest BCUT2D eigenvalue weighted by Gasteiger charge is -2.34. The summed E-state index contributed by atoms with van der Waals surface area (Å²) in [5.41, 5.74) is -0.505. The fourth-order valence-electron chi connectivity index (χ4n) is 2.40. The fraction of sp³-hybridized carbons (Fsp3) is 0.429. The molecule has 0 radical (unpaired) electrons. The molecule has 1 aliphatic heterocycles. The summed E-state index contributed by atoms with van der Waals surface area (Å²) < 4.78 is 10.2. The maximum absolute atomic E-state index is 12.6. The Bertz CT molecular complexity index is 646. The molecule has 1 aromatic rings. The van der Waals surface area contributed by atoms with E-state index < -0.39 is 29.0 Å². The van der Waals surface area contributed by atoms with E-state index in [4.69, 9.17) is 14.6 Å². The zero-order valence-electron chi connectivity index (χ0n) is 12.6. The van der Waals surface area contributed by atoms with Gasteiger partial charge in [-0.25, -0.2) is 4.79 Å². The van der Waals surface area contributed by atoms with Crippen LogP contribution in [-0.4, -0.2) is 59.2 Å². The zero-order valence-corrected chi connectivity index (χ0v) is 12.6. The van der Waals surface area contributed by atoms with Crippen molar-refractivity contribution in [1.82, 2.24) is 4.90 Å². The van der Waals surface area contributed by atoms with Crippen LogP contribution >= 0.6 is 0 Å². The van der Waals surface area contributed by atoms with Crippen LogP contribution in [0.15, 0.2) is 18.2 Å². The number of carbonyl (C=O) groups is 2. The van der Waals surface area contributed by atoms with Crippen LogP contribution in [0.5, 0.6) is 5.75 Å². The Labute approximate surface area is 131 Å². The summed E-state index contributed by atoms with van der Waals surface area (Å²) in [6.07, 6.45) is -1.65. The van der Waals surface area contributed by atoms with E-state index in [1.807, 2.05) is 0 Å². The summed E-state index contributed by atoms with van der Waals surface area (Å²) >= 11 is 0. The predicted molar refractivity (Wildman–Crippen MR) is 77.5 cm³/mol. The highest BCUT2D eigenvalue weighted by atomic mass is 16.6. The first kappa shape index (κ1) is 16.7. The molecule has 1 saturated heterocycles. The maximum Gasteiger partial charge on any atom is 0.334 e. The van der Waals surface area contributed by atoms with E-state index in [-0.39, 0.29) is 24.3 Å². The number of carbonyl (C=O) groups excluding carboxylic acids is 1. The van der Waals surface area contributed by atoms with E-state index in [1.54, 1.807) is 6.92 Å². The standard InChI is InChI=1S/C14H16N2O7/c1-8-6-15(7-12(23-8)14(18)19)13(17)10-5-9(22-2)3-4-11(10)16(20)21/h3-5,8,12H,6-7H2,1-2H3,(H,18,19)/t8-,12?/m1/s1. The third-order valence-electron chi connectivity index (χ3n) is 3.45. The van der Waals surface area contributed by atoms with Crippen molar-refractivity contribution in [3.8, 4) is 5.75 Å². The number of rotatable bonds is 4. The molecule has 1 aliphatic rings. The lowest BCUT2D eigenvalue weighted by molar-refractivity contribution is -0.385. The van der Waals surface area contributed by atoms with Gasteiger partial charge in [-0.05, 0) is 19.1 Å². The van der Waals surface area contributed by atoms with Crippen molar-refractivity contribution in [3.63, 3.8) is 0 Å². The van der Waals surface area contributed by atoms with Crippen molar-refractivity contribution in [2.75, 3.05) is 20.2 Å². The smallest absolute Gasteiger partial charge is 0.334 e. The lowest BCUT2D eigenvalue weighted by Crippen LogP contribution is -2.51. The largest absolute Gasteiger partial charge is 0.497 e. The molecule has 1 unspecified atom stereocenters. The first-order chi connectivity index (χ1) is 10.8. The summed E-state index contributed by atoms with van der Waals surface area (Å²) in [6, 6.07) is 3.85. The number of nitrogens with zero attached hydrogens (tertiary/aromatic N) is 2. The molecule has 0 spiro atoms. The van der Waals surface area contributed by atoms with Crippen LogP contribution in [0, 0.1) is 10.1 Å². The molecule has 1 N–H and O–H groups in total. The number of aliphatic carboxylic acids is 1. The maximum atomic E-state index is 12.6. The van der Waals surface area contributed by atoms with Gasteiger partial charge in [0, 0.05) is 12.6 Å². The van der Waals surface area contributed by atoms with Gasteiger partial charge < -0.3 is 19.5 Å². The number of nitro benzene ring substituents is 1. The Morgan fingerprint density at radius 2 is 2.13 bits per heavy atom. The average Bonchev–Trinajstić information content (AvgIpc) is 2.52. The Hall–Kier alpha value is -2.68. The van der Waals surface area contributed by atoms with Gasteiger partial charge in [-0.3, -0.25) is 14.9 Å². The van der Waals surface area contributed by atoms with Crippen LogP contribution in [-0.2, 0) is 9.53 Å².